The highest BCUT2D eigenvalue weighted by molar-refractivity contribution is 6.87. The van der Waals surface area contributed by atoms with Gasteiger partial charge in [0.15, 0.2) is 0 Å². The van der Waals surface area contributed by atoms with Gasteiger partial charge in [0.2, 0.25) is 0 Å². The van der Waals surface area contributed by atoms with Crippen molar-refractivity contribution in [2.75, 3.05) is 0 Å². The maximum atomic E-state index is 5.84. The van der Waals surface area contributed by atoms with E-state index >= 15 is 0 Å². The van der Waals surface area contributed by atoms with Gasteiger partial charge in [-0.15, -0.1) is 5.54 Å². The number of hydrogen-bond donors (Lipinski definition) is 0. The first-order chi connectivity index (χ1) is 8.65. The zero-order valence-corrected chi connectivity index (χ0v) is 13.2. The van der Waals surface area contributed by atoms with Gasteiger partial charge >= 0.3 is 0 Å². The van der Waals surface area contributed by atoms with Crippen molar-refractivity contribution in [2.45, 2.75) is 38.9 Å². The Morgan fingerprint density at radius 3 is 2.11 bits per heavy atom. The molecule has 0 atom stereocenters. The third-order valence-corrected chi connectivity index (χ3v) is 8.58. The van der Waals surface area contributed by atoms with E-state index in [1.54, 1.807) is 0 Å². The normalized spacial score (nSPS) is 11.3. The van der Waals surface area contributed by atoms with Gasteiger partial charge in [0.1, 0.15) is 8.07 Å². The second kappa shape index (κ2) is 7.46. The molecule has 1 rings (SSSR count). The van der Waals surface area contributed by atoms with E-state index in [1.807, 2.05) is 36.4 Å². The van der Waals surface area contributed by atoms with Crippen LogP contribution in [0.2, 0.25) is 23.2 Å². The van der Waals surface area contributed by atoms with Crippen molar-refractivity contribution in [1.82, 2.24) is 0 Å². The fourth-order valence-electron chi connectivity index (χ4n) is 1.92. The fraction of sp³-hybridized carbons (Fsp3) is 0.375. The molecule has 0 aliphatic rings. The van der Waals surface area contributed by atoms with Crippen LogP contribution in [0.15, 0.2) is 30.3 Å². The molecule has 0 nitrogen and oxygen atoms in total. The highest BCUT2D eigenvalue weighted by atomic mass is 35.5. The summed E-state index contributed by atoms with van der Waals surface area (Å²) >= 11 is 5.84. The van der Waals surface area contributed by atoms with Crippen LogP contribution in [0.5, 0.6) is 0 Å². The van der Waals surface area contributed by atoms with E-state index in [9.17, 15) is 0 Å². The van der Waals surface area contributed by atoms with Crippen molar-refractivity contribution in [3.8, 4) is 11.5 Å². The Bertz CT molecular complexity index is 436. The smallest absolute Gasteiger partial charge is 0.127 e. The van der Waals surface area contributed by atoms with Crippen LogP contribution in [-0.4, -0.2) is 8.07 Å². The molecule has 0 radical (unpaired) electrons. The van der Waals surface area contributed by atoms with Crippen LogP contribution < -0.4 is 0 Å². The lowest BCUT2D eigenvalue weighted by Crippen LogP contribution is -2.29. The Balaban J connectivity index is 2.73. The van der Waals surface area contributed by atoms with Crippen molar-refractivity contribution in [1.29, 1.82) is 0 Å². The van der Waals surface area contributed by atoms with Gasteiger partial charge in [-0.05, 0) is 48.0 Å². The molecule has 96 valence electrons. The molecule has 2 heteroatoms. The summed E-state index contributed by atoms with van der Waals surface area (Å²) < 4.78 is 0. The van der Waals surface area contributed by atoms with Crippen molar-refractivity contribution in [2.24, 2.45) is 0 Å². The van der Waals surface area contributed by atoms with Gasteiger partial charge < -0.3 is 0 Å². The summed E-state index contributed by atoms with van der Waals surface area (Å²) in [6.45, 7) is 6.82. The van der Waals surface area contributed by atoms with E-state index < -0.39 is 8.07 Å². The number of halogens is 1. The number of allylic oxidation sites excluding steroid dienone is 1. The summed E-state index contributed by atoms with van der Waals surface area (Å²) in [6, 6.07) is 11.6. The Hall–Kier alpha value is -0.973. The number of benzene rings is 1. The summed E-state index contributed by atoms with van der Waals surface area (Å²) in [6.07, 6.45) is 4.01. The molecule has 0 fully saturated rings. The topological polar surface area (TPSA) is 0 Å². The monoisotopic (exact) mass is 276 g/mol. The molecule has 0 saturated carbocycles. The largest absolute Gasteiger partial charge is 0.138 e. The predicted octanol–water partition coefficient (Wildman–Crippen LogP) is 5.40. The minimum atomic E-state index is -1.30. The number of rotatable bonds is 4. The second-order valence-electron chi connectivity index (χ2n) is 4.50. The Morgan fingerprint density at radius 2 is 1.61 bits per heavy atom. The molecule has 0 bridgehead atoms. The average molecular weight is 277 g/mol. The standard InChI is InChI=1S/C16H21ClSi/c1-4-18(5-2,6-3)14-8-7-9-15-10-12-16(17)13-11-15/h7,9-13H,4-6H2,1-3H3/b9-7-. The van der Waals surface area contributed by atoms with E-state index in [4.69, 9.17) is 11.6 Å². The minimum absolute atomic E-state index is 0.771. The Labute approximate surface area is 117 Å². The zero-order chi connectivity index (χ0) is 13.4. The van der Waals surface area contributed by atoms with E-state index in [2.05, 4.69) is 32.2 Å². The molecule has 1 aromatic rings. The van der Waals surface area contributed by atoms with Gasteiger partial charge in [0, 0.05) is 5.02 Å². The first-order valence-corrected chi connectivity index (χ1v) is 9.60. The van der Waals surface area contributed by atoms with Crippen molar-refractivity contribution in [3.05, 3.63) is 40.9 Å². The minimum Gasteiger partial charge on any atom is -0.127 e. The predicted molar refractivity (Wildman–Crippen MR) is 85.5 cm³/mol. The number of hydrogen-bond acceptors (Lipinski definition) is 0. The Kier molecular flexibility index (Phi) is 6.25. The van der Waals surface area contributed by atoms with Gasteiger partial charge in [-0.3, -0.25) is 0 Å². The quantitative estimate of drug-likeness (QED) is 0.510. The zero-order valence-electron chi connectivity index (χ0n) is 11.5. The molecule has 0 aliphatic carbocycles. The van der Waals surface area contributed by atoms with E-state index in [-0.39, 0.29) is 0 Å². The van der Waals surface area contributed by atoms with Crippen LogP contribution in [0.1, 0.15) is 26.3 Å². The van der Waals surface area contributed by atoms with E-state index in [0.29, 0.717) is 0 Å². The fourth-order valence-corrected chi connectivity index (χ4v) is 4.47. The van der Waals surface area contributed by atoms with Crippen LogP contribution >= 0.6 is 11.6 Å². The molecule has 0 saturated heterocycles. The third-order valence-electron chi connectivity index (χ3n) is 3.60. The van der Waals surface area contributed by atoms with Crippen LogP contribution in [0.3, 0.4) is 0 Å². The maximum Gasteiger partial charge on any atom is 0.138 e. The lowest BCUT2D eigenvalue weighted by atomic mass is 10.2. The first-order valence-electron chi connectivity index (χ1n) is 6.60. The van der Waals surface area contributed by atoms with E-state index in [1.165, 1.54) is 18.1 Å². The summed E-state index contributed by atoms with van der Waals surface area (Å²) in [5.74, 6) is 3.24. The molecule has 0 unspecified atom stereocenters. The van der Waals surface area contributed by atoms with Gasteiger partial charge in [0.25, 0.3) is 0 Å². The molecule has 0 spiro atoms. The van der Waals surface area contributed by atoms with Crippen LogP contribution in [0.25, 0.3) is 6.08 Å². The molecular weight excluding hydrogens is 256 g/mol. The molecule has 18 heavy (non-hydrogen) atoms. The molecule has 0 aromatic heterocycles. The summed E-state index contributed by atoms with van der Waals surface area (Å²) in [7, 11) is -1.30. The van der Waals surface area contributed by atoms with Gasteiger partial charge in [-0.2, -0.15) is 0 Å². The average Bonchev–Trinajstić information content (AvgIpc) is 2.42. The van der Waals surface area contributed by atoms with Crippen molar-refractivity contribution in [3.63, 3.8) is 0 Å². The summed E-state index contributed by atoms with van der Waals surface area (Å²) in [4.78, 5) is 0. The van der Waals surface area contributed by atoms with Crippen molar-refractivity contribution >= 4 is 25.8 Å². The molecule has 0 N–H and O–H groups in total. The highest BCUT2D eigenvalue weighted by Gasteiger charge is 2.23. The first kappa shape index (κ1) is 15.1. The third kappa shape index (κ3) is 4.36. The van der Waals surface area contributed by atoms with Crippen LogP contribution in [-0.2, 0) is 0 Å². The van der Waals surface area contributed by atoms with Gasteiger partial charge in [-0.25, -0.2) is 0 Å². The van der Waals surface area contributed by atoms with Gasteiger partial charge in [0.05, 0.1) is 0 Å². The van der Waals surface area contributed by atoms with Crippen molar-refractivity contribution < 1.29 is 0 Å². The Morgan fingerprint density at radius 1 is 1.06 bits per heavy atom. The van der Waals surface area contributed by atoms with Crippen LogP contribution in [0.4, 0.5) is 0 Å². The van der Waals surface area contributed by atoms with Crippen LogP contribution in [0, 0.1) is 11.5 Å². The lowest BCUT2D eigenvalue weighted by molar-refractivity contribution is 1.20. The molecule has 0 aliphatic heterocycles. The SMILES string of the molecule is CC[Si](C#C/C=C\c1ccc(Cl)cc1)(CC)CC. The van der Waals surface area contributed by atoms with Gasteiger partial charge in [-0.1, -0.05) is 50.4 Å². The molecule has 0 amide bonds. The molecule has 1 aromatic carbocycles. The summed E-state index contributed by atoms with van der Waals surface area (Å²) in [5.41, 5.74) is 4.68. The molecule has 0 heterocycles. The van der Waals surface area contributed by atoms with E-state index in [0.717, 1.165) is 10.6 Å². The second-order valence-corrected chi connectivity index (χ2v) is 9.86. The maximum absolute atomic E-state index is 5.84. The summed E-state index contributed by atoms with van der Waals surface area (Å²) in [5, 5.41) is 0.771. The lowest BCUT2D eigenvalue weighted by Gasteiger charge is -2.19. The molecular formula is C16H21ClSi. The highest BCUT2D eigenvalue weighted by Crippen LogP contribution is 2.18.